The van der Waals surface area contributed by atoms with Crippen LogP contribution in [0, 0.1) is 5.82 Å². The fourth-order valence-electron chi connectivity index (χ4n) is 1.76. The van der Waals surface area contributed by atoms with Crippen LogP contribution in [0.15, 0.2) is 48.5 Å². The van der Waals surface area contributed by atoms with Crippen LogP contribution in [-0.2, 0) is 0 Å². The van der Waals surface area contributed by atoms with Gasteiger partial charge in [0.15, 0.2) is 0 Å². The summed E-state index contributed by atoms with van der Waals surface area (Å²) in [7, 11) is 0. The van der Waals surface area contributed by atoms with Crippen molar-refractivity contribution in [2.24, 2.45) is 5.84 Å². The van der Waals surface area contributed by atoms with Gasteiger partial charge < -0.3 is 0 Å². The van der Waals surface area contributed by atoms with E-state index in [-0.39, 0.29) is 5.82 Å². The fourth-order valence-corrected chi connectivity index (χ4v) is 1.96. The Morgan fingerprint density at radius 1 is 1.12 bits per heavy atom. The molecule has 0 aliphatic rings. The van der Waals surface area contributed by atoms with Crippen LogP contribution in [-0.4, -0.2) is 0 Å². The van der Waals surface area contributed by atoms with Crippen molar-refractivity contribution >= 4 is 11.6 Å². The average molecular weight is 251 g/mol. The molecule has 0 amide bonds. The molecule has 0 heterocycles. The highest BCUT2D eigenvalue weighted by atomic mass is 35.5. The molecule has 17 heavy (non-hydrogen) atoms. The third-order valence-corrected chi connectivity index (χ3v) is 2.80. The number of halogens is 2. The average Bonchev–Trinajstić information content (AvgIpc) is 2.33. The molecule has 0 aliphatic carbocycles. The summed E-state index contributed by atoms with van der Waals surface area (Å²) < 4.78 is 13.7. The van der Waals surface area contributed by atoms with Gasteiger partial charge in [0.05, 0.1) is 6.04 Å². The Bertz CT molecular complexity index is 516. The lowest BCUT2D eigenvalue weighted by molar-refractivity contribution is 0.560. The summed E-state index contributed by atoms with van der Waals surface area (Å²) in [6.07, 6.45) is 0. The van der Waals surface area contributed by atoms with E-state index < -0.39 is 6.04 Å². The Hall–Kier alpha value is -1.42. The van der Waals surface area contributed by atoms with E-state index in [1.165, 1.54) is 6.07 Å². The summed E-state index contributed by atoms with van der Waals surface area (Å²) in [5.74, 6) is 5.20. The first-order valence-corrected chi connectivity index (χ1v) is 5.56. The van der Waals surface area contributed by atoms with E-state index in [1.807, 2.05) is 12.1 Å². The largest absolute Gasteiger partial charge is 0.271 e. The molecule has 1 unspecified atom stereocenters. The molecule has 2 aromatic carbocycles. The number of rotatable bonds is 3. The number of hydrogen-bond donors (Lipinski definition) is 2. The summed E-state index contributed by atoms with van der Waals surface area (Å²) in [6, 6.07) is 13.3. The van der Waals surface area contributed by atoms with Gasteiger partial charge in [0.25, 0.3) is 0 Å². The monoisotopic (exact) mass is 250 g/mol. The minimum atomic E-state index is -0.408. The van der Waals surface area contributed by atoms with Crippen LogP contribution in [0.5, 0.6) is 0 Å². The van der Waals surface area contributed by atoms with Gasteiger partial charge in [-0.3, -0.25) is 5.84 Å². The van der Waals surface area contributed by atoms with Gasteiger partial charge in [0.1, 0.15) is 5.82 Å². The van der Waals surface area contributed by atoms with Crippen molar-refractivity contribution in [3.63, 3.8) is 0 Å². The van der Waals surface area contributed by atoms with E-state index in [0.717, 1.165) is 5.56 Å². The smallest absolute Gasteiger partial charge is 0.128 e. The predicted octanol–water partition coefficient (Wildman–Crippen LogP) is 3.03. The summed E-state index contributed by atoms with van der Waals surface area (Å²) in [5, 5.41) is 0.596. The maximum absolute atomic E-state index is 13.7. The van der Waals surface area contributed by atoms with E-state index in [9.17, 15) is 4.39 Å². The maximum atomic E-state index is 13.7. The first-order chi connectivity index (χ1) is 8.22. The van der Waals surface area contributed by atoms with E-state index >= 15 is 0 Å². The van der Waals surface area contributed by atoms with Gasteiger partial charge in [-0.25, -0.2) is 9.82 Å². The van der Waals surface area contributed by atoms with Gasteiger partial charge in [0.2, 0.25) is 0 Å². The van der Waals surface area contributed by atoms with Gasteiger partial charge in [-0.2, -0.15) is 0 Å². The highest BCUT2D eigenvalue weighted by molar-refractivity contribution is 6.30. The molecule has 4 heteroatoms. The maximum Gasteiger partial charge on any atom is 0.128 e. The van der Waals surface area contributed by atoms with Crippen LogP contribution in [0.2, 0.25) is 5.02 Å². The summed E-state index contributed by atoms with van der Waals surface area (Å²) in [5.41, 5.74) is 3.93. The normalized spacial score (nSPS) is 12.4. The van der Waals surface area contributed by atoms with Gasteiger partial charge in [-0.1, -0.05) is 41.9 Å². The molecular weight excluding hydrogens is 239 g/mol. The summed E-state index contributed by atoms with van der Waals surface area (Å²) in [6.45, 7) is 0. The van der Waals surface area contributed by atoms with E-state index in [1.54, 1.807) is 30.3 Å². The van der Waals surface area contributed by atoms with Crippen molar-refractivity contribution < 1.29 is 4.39 Å². The second-order valence-corrected chi connectivity index (χ2v) is 4.11. The highest BCUT2D eigenvalue weighted by Gasteiger charge is 2.15. The van der Waals surface area contributed by atoms with Crippen molar-refractivity contribution in [2.45, 2.75) is 6.04 Å². The lowest BCUT2D eigenvalue weighted by atomic mass is 9.99. The standard InChI is InChI=1S/C13H12ClFN2/c14-10-5-3-4-9(8-10)13(17-16)11-6-1-2-7-12(11)15/h1-8,13,17H,16H2. The molecule has 2 aromatic rings. The molecule has 0 saturated carbocycles. The Balaban J connectivity index is 2.44. The van der Waals surface area contributed by atoms with Crippen LogP contribution in [0.1, 0.15) is 17.2 Å². The van der Waals surface area contributed by atoms with Crippen LogP contribution in [0.4, 0.5) is 4.39 Å². The first-order valence-electron chi connectivity index (χ1n) is 5.18. The van der Waals surface area contributed by atoms with Crippen molar-refractivity contribution in [1.82, 2.24) is 5.43 Å². The number of hydrazine groups is 1. The fraction of sp³-hybridized carbons (Fsp3) is 0.0769. The zero-order valence-electron chi connectivity index (χ0n) is 9.03. The molecule has 0 aliphatic heterocycles. The Morgan fingerprint density at radius 2 is 1.88 bits per heavy atom. The zero-order valence-corrected chi connectivity index (χ0v) is 9.79. The predicted molar refractivity (Wildman–Crippen MR) is 67.0 cm³/mol. The Kier molecular flexibility index (Phi) is 3.74. The molecule has 0 spiro atoms. The molecule has 2 rings (SSSR count). The van der Waals surface area contributed by atoms with Crippen LogP contribution >= 0.6 is 11.6 Å². The van der Waals surface area contributed by atoms with Crippen LogP contribution < -0.4 is 11.3 Å². The molecule has 0 aromatic heterocycles. The lowest BCUT2D eigenvalue weighted by Gasteiger charge is -2.17. The molecule has 2 nitrogen and oxygen atoms in total. The lowest BCUT2D eigenvalue weighted by Crippen LogP contribution is -2.29. The molecule has 0 fully saturated rings. The van der Waals surface area contributed by atoms with Gasteiger partial charge >= 0.3 is 0 Å². The summed E-state index contributed by atoms with van der Waals surface area (Å²) in [4.78, 5) is 0. The quantitative estimate of drug-likeness (QED) is 0.649. The highest BCUT2D eigenvalue weighted by Crippen LogP contribution is 2.25. The van der Waals surface area contributed by atoms with Crippen molar-refractivity contribution in [3.8, 4) is 0 Å². The SMILES string of the molecule is NNC(c1cccc(Cl)c1)c1ccccc1F. The van der Waals surface area contributed by atoms with Crippen LogP contribution in [0.25, 0.3) is 0 Å². The zero-order chi connectivity index (χ0) is 12.3. The minimum Gasteiger partial charge on any atom is -0.271 e. The molecule has 88 valence electrons. The Labute approximate surface area is 104 Å². The number of nitrogens with one attached hydrogen (secondary N) is 1. The molecule has 3 N–H and O–H groups in total. The number of nitrogens with two attached hydrogens (primary N) is 1. The van der Waals surface area contributed by atoms with Crippen LogP contribution in [0.3, 0.4) is 0 Å². The van der Waals surface area contributed by atoms with Gasteiger partial charge in [-0.15, -0.1) is 0 Å². The van der Waals surface area contributed by atoms with Crippen molar-refractivity contribution in [2.75, 3.05) is 0 Å². The second kappa shape index (κ2) is 5.27. The first kappa shape index (κ1) is 12.0. The third-order valence-electron chi connectivity index (χ3n) is 2.56. The number of hydrogen-bond acceptors (Lipinski definition) is 2. The topological polar surface area (TPSA) is 38.0 Å². The van der Waals surface area contributed by atoms with Gasteiger partial charge in [0, 0.05) is 10.6 Å². The molecule has 0 saturated heterocycles. The van der Waals surface area contributed by atoms with Crippen molar-refractivity contribution in [1.29, 1.82) is 0 Å². The van der Waals surface area contributed by atoms with Crippen molar-refractivity contribution in [3.05, 3.63) is 70.5 Å². The summed E-state index contributed by atoms with van der Waals surface area (Å²) >= 11 is 5.91. The van der Waals surface area contributed by atoms with E-state index in [0.29, 0.717) is 10.6 Å². The second-order valence-electron chi connectivity index (χ2n) is 3.68. The minimum absolute atomic E-state index is 0.296. The number of benzene rings is 2. The molecule has 0 radical (unpaired) electrons. The van der Waals surface area contributed by atoms with E-state index in [4.69, 9.17) is 17.4 Å². The Morgan fingerprint density at radius 3 is 2.53 bits per heavy atom. The molecular formula is C13H12ClFN2. The van der Waals surface area contributed by atoms with Gasteiger partial charge in [-0.05, 0) is 23.8 Å². The molecule has 1 atom stereocenters. The van der Waals surface area contributed by atoms with E-state index in [2.05, 4.69) is 5.43 Å². The third kappa shape index (κ3) is 2.64. The molecule has 0 bridgehead atoms.